The second-order valence-electron chi connectivity index (χ2n) is 3.85. The van der Waals surface area contributed by atoms with E-state index in [0.717, 1.165) is 38.9 Å². The van der Waals surface area contributed by atoms with Crippen molar-refractivity contribution < 1.29 is 4.79 Å². The molecule has 0 bridgehead atoms. The molecule has 92 valence electrons. The van der Waals surface area contributed by atoms with Crippen LogP contribution in [0.5, 0.6) is 0 Å². The van der Waals surface area contributed by atoms with E-state index >= 15 is 0 Å². The van der Waals surface area contributed by atoms with E-state index in [4.69, 9.17) is 6.42 Å². The normalized spacial score (nSPS) is 11.9. The lowest BCUT2D eigenvalue weighted by molar-refractivity contribution is -0.132. The van der Waals surface area contributed by atoms with Gasteiger partial charge < -0.3 is 10.2 Å². The van der Waals surface area contributed by atoms with Gasteiger partial charge in [0.05, 0.1) is 6.04 Å². The predicted molar refractivity (Wildman–Crippen MR) is 68.1 cm³/mol. The summed E-state index contributed by atoms with van der Waals surface area (Å²) in [6.07, 6.45) is 8.03. The molecule has 1 atom stereocenters. The van der Waals surface area contributed by atoms with Gasteiger partial charge in [0.25, 0.3) is 0 Å². The monoisotopic (exact) mass is 224 g/mol. The maximum atomic E-state index is 11.9. The van der Waals surface area contributed by atoms with Crippen molar-refractivity contribution in [3.63, 3.8) is 0 Å². The Morgan fingerprint density at radius 1 is 1.38 bits per heavy atom. The standard InChI is InChI=1S/C13H24N2O/c1-5-8-9-10-11-14-12(4)13(16)15(6-2)7-3/h1,12,14H,6-11H2,2-4H3. The predicted octanol–water partition coefficient (Wildman–Crippen LogP) is 1.64. The third-order valence-corrected chi connectivity index (χ3v) is 2.64. The van der Waals surface area contributed by atoms with Gasteiger partial charge in [0.15, 0.2) is 0 Å². The van der Waals surface area contributed by atoms with Crippen LogP contribution >= 0.6 is 0 Å². The zero-order valence-corrected chi connectivity index (χ0v) is 10.8. The first-order chi connectivity index (χ1) is 7.67. The Labute approximate surface area is 99.6 Å². The number of terminal acetylenes is 1. The van der Waals surface area contributed by atoms with E-state index in [-0.39, 0.29) is 11.9 Å². The smallest absolute Gasteiger partial charge is 0.239 e. The van der Waals surface area contributed by atoms with Gasteiger partial charge >= 0.3 is 0 Å². The molecule has 0 radical (unpaired) electrons. The quantitative estimate of drug-likeness (QED) is 0.502. The van der Waals surface area contributed by atoms with Gasteiger partial charge in [0.2, 0.25) is 5.91 Å². The summed E-state index contributed by atoms with van der Waals surface area (Å²) in [5.41, 5.74) is 0. The number of amides is 1. The molecule has 0 aliphatic heterocycles. The molecule has 0 heterocycles. The second kappa shape index (κ2) is 9.23. The maximum absolute atomic E-state index is 11.9. The molecule has 0 saturated carbocycles. The van der Waals surface area contributed by atoms with Crippen molar-refractivity contribution in [2.45, 2.75) is 46.1 Å². The summed E-state index contributed by atoms with van der Waals surface area (Å²) in [5, 5.41) is 3.23. The van der Waals surface area contributed by atoms with Crippen molar-refractivity contribution in [3.05, 3.63) is 0 Å². The summed E-state index contributed by atoms with van der Waals surface area (Å²) in [6, 6.07) is -0.0919. The molecule has 0 saturated heterocycles. The van der Waals surface area contributed by atoms with Crippen LogP contribution in [-0.4, -0.2) is 36.5 Å². The molecular formula is C13H24N2O. The molecule has 0 spiro atoms. The highest BCUT2D eigenvalue weighted by Crippen LogP contribution is 1.96. The molecule has 1 N–H and O–H groups in total. The number of hydrogen-bond acceptors (Lipinski definition) is 2. The summed E-state index contributed by atoms with van der Waals surface area (Å²) >= 11 is 0. The van der Waals surface area contributed by atoms with Crippen LogP contribution in [0.15, 0.2) is 0 Å². The van der Waals surface area contributed by atoms with Crippen LogP contribution in [0.1, 0.15) is 40.0 Å². The Kier molecular flexibility index (Phi) is 8.65. The molecule has 0 aromatic heterocycles. The zero-order valence-electron chi connectivity index (χ0n) is 10.8. The number of hydrogen-bond donors (Lipinski definition) is 1. The Morgan fingerprint density at radius 2 is 2.00 bits per heavy atom. The lowest BCUT2D eigenvalue weighted by atomic mass is 10.2. The Bertz CT molecular complexity index is 229. The topological polar surface area (TPSA) is 32.3 Å². The van der Waals surface area contributed by atoms with Crippen LogP contribution in [-0.2, 0) is 4.79 Å². The van der Waals surface area contributed by atoms with Crippen molar-refractivity contribution in [2.24, 2.45) is 0 Å². The molecular weight excluding hydrogens is 200 g/mol. The number of rotatable bonds is 8. The van der Waals surface area contributed by atoms with Gasteiger partial charge in [-0.25, -0.2) is 0 Å². The first kappa shape index (κ1) is 15.0. The number of carbonyl (C=O) groups excluding carboxylic acids is 1. The summed E-state index contributed by atoms with van der Waals surface area (Å²) < 4.78 is 0. The lowest BCUT2D eigenvalue weighted by Crippen LogP contribution is -2.45. The fraction of sp³-hybridized carbons (Fsp3) is 0.769. The van der Waals surface area contributed by atoms with E-state index in [1.807, 2.05) is 25.7 Å². The van der Waals surface area contributed by atoms with E-state index in [1.54, 1.807) is 0 Å². The number of nitrogens with one attached hydrogen (secondary N) is 1. The molecule has 0 aromatic rings. The Morgan fingerprint density at radius 3 is 2.50 bits per heavy atom. The molecule has 0 aromatic carbocycles. The van der Waals surface area contributed by atoms with E-state index in [1.165, 1.54) is 0 Å². The van der Waals surface area contributed by atoms with Crippen molar-refractivity contribution in [2.75, 3.05) is 19.6 Å². The van der Waals surface area contributed by atoms with E-state index in [0.29, 0.717) is 0 Å². The molecule has 0 aliphatic rings. The van der Waals surface area contributed by atoms with Gasteiger partial charge in [0.1, 0.15) is 0 Å². The molecule has 1 amide bonds. The molecule has 1 unspecified atom stereocenters. The van der Waals surface area contributed by atoms with Gasteiger partial charge in [-0.15, -0.1) is 12.3 Å². The van der Waals surface area contributed by atoms with Gasteiger partial charge in [-0.2, -0.15) is 0 Å². The summed E-state index contributed by atoms with van der Waals surface area (Å²) in [6.45, 7) is 8.33. The summed E-state index contributed by atoms with van der Waals surface area (Å²) in [4.78, 5) is 13.7. The highest BCUT2D eigenvalue weighted by molar-refractivity contribution is 5.81. The molecule has 16 heavy (non-hydrogen) atoms. The average molecular weight is 224 g/mol. The minimum Gasteiger partial charge on any atom is -0.342 e. The highest BCUT2D eigenvalue weighted by Gasteiger charge is 2.16. The summed E-state index contributed by atoms with van der Waals surface area (Å²) in [5.74, 6) is 2.79. The van der Waals surface area contributed by atoms with Gasteiger partial charge in [-0.3, -0.25) is 4.79 Å². The molecule has 3 nitrogen and oxygen atoms in total. The number of unbranched alkanes of at least 4 members (excludes halogenated alkanes) is 2. The maximum Gasteiger partial charge on any atom is 0.239 e. The lowest BCUT2D eigenvalue weighted by Gasteiger charge is -2.23. The fourth-order valence-corrected chi connectivity index (χ4v) is 1.57. The average Bonchev–Trinajstić information content (AvgIpc) is 2.30. The van der Waals surface area contributed by atoms with E-state index in [2.05, 4.69) is 11.2 Å². The number of carbonyl (C=O) groups is 1. The zero-order chi connectivity index (χ0) is 12.4. The summed E-state index contributed by atoms with van der Waals surface area (Å²) in [7, 11) is 0. The van der Waals surface area contributed by atoms with E-state index < -0.39 is 0 Å². The van der Waals surface area contributed by atoms with Crippen molar-refractivity contribution in [1.82, 2.24) is 10.2 Å². The van der Waals surface area contributed by atoms with Crippen molar-refractivity contribution >= 4 is 5.91 Å². The SMILES string of the molecule is C#CCCCCNC(C)C(=O)N(CC)CC. The van der Waals surface area contributed by atoms with Crippen LogP contribution in [0.2, 0.25) is 0 Å². The third kappa shape index (κ3) is 5.77. The largest absolute Gasteiger partial charge is 0.342 e. The van der Waals surface area contributed by atoms with Crippen LogP contribution in [0.25, 0.3) is 0 Å². The highest BCUT2D eigenvalue weighted by atomic mass is 16.2. The molecule has 0 fully saturated rings. The first-order valence-corrected chi connectivity index (χ1v) is 6.12. The van der Waals surface area contributed by atoms with Crippen molar-refractivity contribution in [3.8, 4) is 12.3 Å². The first-order valence-electron chi connectivity index (χ1n) is 6.12. The number of nitrogens with zero attached hydrogens (tertiary/aromatic N) is 1. The minimum absolute atomic E-state index is 0.0919. The third-order valence-electron chi connectivity index (χ3n) is 2.64. The fourth-order valence-electron chi connectivity index (χ4n) is 1.57. The number of likely N-dealkylation sites (N-methyl/N-ethyl adjacent to an activating group) is 1. The molecule has 3 heteroatoms. The van der Waals surface area contributed by atoms with Crippen molar-refractivity contribution in [1.29, 1.82) is 0 Å². The van der Waals surface area contributed by atoms with Gasteiger partial charge in [-0.1, -0.05) is 0 Å². The molecule has 0 rings (SSSR count). The van der Waals surface area contributed by atoms with E-state index in [9.17, 15) is 4.79 Å². The van der Waals surface area contributed by atoms with Crippen LogP contribution in [0.3, 0.4) is 0 Å². The van der Waals surface area contributed by atoms with Gasteiger partial charge in [-0.05, 0) is 40.2 Å². The van der Waals surface area contributed by atoms with Crippen LogP contribution < -0.4 is 5.32 Å². The Hall–Kier alpha value is -1.01. The minimum atomic E-state index is -0.0919. The Balaban J connectivity index is 3.75. The second-order valence-corrected chi connectivity index (χ2v) is 3.85. The molecule has 0 aliphatic carbocycles. The van der Waals surface area contributed by atoms with Gasteiger partial charge in [0, 0.05) is 19.5 Å². The van der Waals surface area contributed by atoms with Crippen LogP contribution in [0.4, 0.5) is 0 Å². The van der Waals surface area contributed by atoms with Crippen LogP contribution in [0, 0.1) is 12.3 Å².